The van der Waals surface area contributed by atoms with Gasteiger partial charge in [0.2, 0.25) is 5.76 Å². The quantitative estimate of drug-likeness (QED) is 0.606. The van der Waals surface area contributed by atoms with Crippen molar-refractivity contribution in [2.45, 2.75) is 13.3 Å². The minimum Gasteiger partial charge on any atom is -0.507 e. The van der Waals surface area contributed by atoms with Crippen LogP contribution in [-0.2, 0) is 6.42 Å². The van der Waals surface area contributed by atoms with Gasteiger partial charge in [-0.3, -0.25) is 20.4 Å². The van der Waals surface area contributed by atoms with Crippen LogP contribution in [0.3, 0.4) is 0 Å². The standard InChI is InChI=1S/C21H17N3O4/c1-2-13-12-28-19(18(13)14-6-4-3-5-7-14)21(27)24-23-20(26)15-8-9-17(25)16(10-15)11-22/h3-10,12,25H,2H2,1H3,(H,23,26)(H,24,27). The van der Waals surface area contributed by atoms with Crippen LogP contribution in [0.5, 0.6) is 5.75 Å². The van der Waals surface area contributed by atoms with Gasteiger partial charge in [0.1, 0.15) is 11.8 Å². The highest BCUT2D eigenvalue weighted by Crippen LogP contribution is 2.30. The number of nitriles is 1. The van der Waals surface area contributed by atoms with E-state index in [1.165, 1.54) is 24.5 Å². The van der Waals surface area contributed by atoms with Crippen LogP contribution in [0.4, 0.5) is 0 Å². The zero-order chi connectivity index (χ0) is 20.1. The summed E-state index contributed by atoms with van der Waals surface area (Å²) in [6.07, 6.45) is 2.20. The minimum absolute atomic E-state index is 0.0380. The molecule has 0 radical (unpaired) electrons. The van der Waals surface area contributed by atoms with Gasteiger partial charge in [0.25, 0.3) is 5.91 Å². The Labute approximate surface area is 161 Å². The Bertz CT molecular complexity index is 1060. The maximum absolute atomic E-state index is 12.6. The van der Waals surface area contributed by atoms with Gasteiger partial charge < -0.3 is 9.52 Å². The maximum atomic E-state index is 12.6. The van der Waals surface area contributed by atoms with Gasteiger partial charge in [-0.25, -0.2) is 0 Å². The van der Waals surface area contributed by atoms with E-state index in [4.69, 9.17) is 9.68 Å². The number of phenolic OH excluding ortho intramolecular Hbond substituents is 1. The van der Waals surface area contributed by atoms with E-state index in [1.54, 1.807) is 6.07 Å². The predicted molar refractivity (Wildman–Crippen MR) is 101 cm³/mol. The van der Waals surface area contributed by atoms with E-state index >= 15 is 0 Å². The molecule has 7 nitrogen and oxygen atoms in total. The average Bonchev–Trinajstić information content (AvgIpc) is 3.17. The molecule has 0 spiro atoms. The Morgan fingerprint density at radius 2 is 1.82 bits per heavy atom. The smallest absolute Gasteiger partial charge is 0.306 e. The van der Waals surface area contributed by atoms with E-state index in [1.807, 2.05) is 37.3 Å². The molecule has 0 aliphatic heterocycles. The van der Waals surface area contributed by atoms with Crippen LogP contribution in [0, 0.1) is 11.3 Å². The molecule has 2 amide bonds. The first kappa shape index (κ1) is 18.7. The second-order valence-corrected chi connectivity index (χ2v) is 5.94. The molecule has 0 bridgehead atoms. The molecule has 0 aliphatic rings. The van der Waals surface area contributed by atoms with Gasteiger partial charge in [0.15, 0.2) is 0 Å². The van der Waals surface area contributed by atoms with E-state index in [0.29, 0.717) is 12.0 Å². The number of nitrogens with zero attached hydrogens (tertiary/aromatic N) is 1. The Morgan fingerprint density at radius 3 is 2.50 bits per heavy atom. The third-order valence-electron chi connectivity index (χ3n) is 4.19. The fourth-order valence-corrected chi connectivity index (χ4v) is 2.75. The summed E-state index contributed by atoms with van der Waals surface area (Å²) in [6.45, 7) is 1.96. The first-order chi connectivity index (χ1) is 13.5. The number of rotatable bonds is 4. The number of nitrogens with one attached hydrogen (secondary N) is 2. The number of aromatic hydroxyl groups is 1. The first-order valence-electron chi connectivity index (χ1n) is 8.54. The molecule has 7 heteroatoms. The number of furan rings is 1. The SMILES string of the molecule is CCc1coc(C(=O)NNC(=O)c2ccc(O)c(C#N)c2)c1-c1ccccc1. The lowest BCUT2D eigenvalue weighted by Gasteiger charge is -2.09. The molecule has 0 fully saturated rings. The molecule has 0 saturated heterocycles. The molecule has 0 aliphatic carbocycles. The van der Waals surface area contributed by atoms with Crippen LogP contribution in [0.25, 0.3) is 11.1 Å². The summed E-state index contributed by atoms with van der Waals surface area (Å²) in [6, 6.07) is 14.9. The number of amides is 2. The lowest BCUT2D eigenvalue weighted by molar-refractivity contribution is 0.0831. The van der Waals surface area contributed by atoms with Gasteiger partial charge in [-0.15, -0.1) is 0 Å². The number of benzene rings is 2. The number of aryl methyl sites for hydroxylation is 1. The summed E-state index contributed by atoms with van der Waals surface area (Å²) in [5.41, 5.74) is 7.07. The molecule has 2 aromatic carbocycles. The lowest BCUT2D eigenvalue weighted by Crippen LogP contribution is -2.41. The second kappa shape index (κ2) is 8.10. The molecule has 1 aromatic heterocycles. The molecule has 1 heterocycles. The Hall–Kier alpha value is -4.05. The van der Waals surface area contributed by atoms with Gasteiger partial charge in [-0.05, 0) is 35.7 Å². The highest BCUT2D eigenvalue weighted by Gasteiger charge is 2.21. The number of hydrazine groups is 1. The molecular formula is C21H17N3O4. The Morgan fingerprint density at radius 1 is 1.11 bits per heavy atom. The maximum Gasteiger partial charge on any atom is 0.306 e. The van der Waals surface area contributed by atoms with E-state index in [0.717, 1.165) is 11.1 Å². The molecule has 0 saturated carbocycles. The number of carbonyl (C=O) groups excluding carboxylic acids is 2. The zero-order valence-corrected chi connectivity index (χ0v) is 15.0. The summed E-state index contributed by atoms with van der Waals surface area (Å²) < 4.78 is 5.45. The van der Waals surface area contributed by atoms with Crippen molar-refractivity contribution in [1.82, 2.24) is 10.9 Å². The third-order valence-corrected chi connectivity index (χ3v) is 4.19. The monoisotopic (exact) mass is 375 g/mol. The number of phenols is 1. The van der Waals surface area contributed by atoms with Crippen LogP contribution in [-0.4, -0.2) is 16.9 Å². The highest BCUT2D eigenvalue weighted by atomic mass is 16.3. The summed E-state index contributed by atoms with van der Waals surface area (Å²) in [7, 11) is 0. The molecule has 140 valence electrons. The van der Waals surface area contributed by atoms with Crippen molar-refractivity contribution in [2.24, 2.45) is 0 Å². The van der Waals surface area contributed by atoms with E-state index in [-0.39, 0.29) is 22.6 Å². The second-order valence-electron chi connectivity index (χ2n) is 5.94. The fraction of sp³-hybridized carbons (Fsp3) is 0.0952. The van der Waals surface area contributed by atoms with Gasteiger partial charge in [0.05, 0.1) is 11.8 Å². The van der Waals surface area contributed by atoms with Gasteiger partial charge >= 0.3 is 5.91 Å². The van der Waals surface area contributed by atoms with Crippen LogP contribution < -0.4 is 10.9 Å². The summed E-state index contributed by atoms with van der Waals surface area (Å²) in [5.74, 6) is -1.37. The average molecular weight is 375 g/mol. The summed E-state index contributed by atoms with van der Waals surface area (Å²) >= 11 is 0. The summed E-state index contributed by atoms with van der Waals surface area (Å²) in [5, 5.41) is 18.4. The molecular weight excluding hydrogens is 358 g/mol. The predicted octanol–water partition coefficient (Wildman–Crippen LogP) is 3.16. The molecule has 3 rings (SSSR count). The normalized spacial score (nSPS) is 10.1. The molecule has 0 unspecified atom stereocenters. The van der Waals surface area contributed by atoms with Gasteiger partial charge in [0, 0.05) is 11.1 Å². The number of carbonyl (C=O) groups is 2. The van der Waals surface area contributed by atoms with Crippen LogP contribution >= 0.6 is 0 Å². The third kappa shape index (κ3) is 3.71. The lowest BCUT2D eigenvalue weighted by atomic mass is 10.00. The summed E-state index contributed by atoms with van der Waals surface area (Å²) in [4.78, 5) is 24.8. The zero-order valence-electron chi connectivity index (χ0n) is 15.0. The van der Waals surface area contributed by atoms with Gasteiger partial charge in [-0.1, -0.05) is 37.3 Å². The van der Waals surface area contributed by atoms with E-state index in [9.17, 15) is 14.7 Å². The Kier molecular flexibility index (Phi) is 5.42. The van der Waals surface area contributed by atoms with Crippen molar-refractivity contribution in [3.05, 3.63) is 77.2 Å². The topological polar surface area (TPSA) is 115 Å². The Balaban J connectivity index is 1.78. The highest BCUT2D eigenvalue weighted by molar-refractivity contribution is 6.01. The van der Waals surface area contributed by atoms with Crippen molar-refractivity contribution >= 4 is 11.8 Å². The van der Waals surface area contributed by atoms with Crippen LogP contribution in [0.2, 0.25) is 0 Å². The largest absolute Gasteiger partial charge is 0.507 e. The number of hydrogen-bond donors (Lipinski definition) is 3. The first-order valence-corrected chi connectivity index (χ1v) is 8.54. The van der Waals surface area contributed by atoms with Crippen LogP contribution in [0.15, 0.2) is 59.2 Å². The van der Waals surface area contributed by atoms with Crippen molar-refractivity contribution in [2.75, 3.05) is 0 Å². The fourth-order valence-electron chi connectivity index (χ4n) is 2.75. The van der Waals surface area contributed by atoms with Gasteiger partial charge in [-0.2, -0.15) is 5.26 Å². The number of hydrogen-bond acceptors (Lipinski definition) is 5. The van der Waals surface area contributed by atoms with Crippen molar-refractivity contribution in [1.29, 1.82) is 5.26 Å². The van der Waals surface area contributed by atoms with Crippen molar-refractivity contribution in [3.8, 4) is 22.9 Å². The molecule has 3 N–H and O–H groups in total. The molecule has 0 atom stereocenters. The van der Waals surface area contributed by atoms with Crippen molar-refractivity contribution in [3.63, 3.8) is 0 Å². The van der Waals surface area contributed by atoms with Crippen LogP contribution in [0.1, 0.15) is 39.0 Å². The van der Waals surface area contributed by atoms with E-state index < -0.39 is 11.8 Å². The molecule has 3 aromatic rings. The van der Waals surface area contributed by atoms with Crippen molar-refractivity contribution < 1.29 is 19.1 Å². The van der Waals surface area contributed by atoms with E-state index in [2.05, 4.69) is 10.9 Å². The molecule has 28 heavy (non-hydrogen) atoms. The minimum atomic E-state index is -0.631.